The minimum atomic E-state index is 0.0421. The SMILES string of the molecule is Cc1cc2c(ccc3oc4ccnc(-c5cc(C(C)(C)C)c6sccc6c5)c4c32)o1. The molecule has 0 aliphatic rings. The van der Waals surface area contributed by atoms with Gasteiger partial charge in [0.2, 0.25) is 0 Å². The monoisotopic (exact) mass is 411 g/mol. The van der Waals surface area contributed by atoms with Gasteiger partial charge in [0.1, 0.15) is 22.5 Å². The van der Waals surface area contributed by atoms with E-state index < -0.39 is 0 Å². The lowest BCUT2D eigenvalue weighted by Gasteiger charge is -2.21. The Morgan fingerprint density at radius 2 is 1.67 bits per heavy atom. The molecule has 6 rings (SSSR count). The normalized spacial score (nSPS) is 12.7. The fourth-order valence-corrected chi connectivity index (χ4v) is 5.55. The van der Waals surface area contributed by atoms with Crippen LogP contribution >= 0.6 is 11.3 Å². The number of benzene rings is 2. The van der Waals surface area contributed by atoms with Gasteiger partial charge in [0.25, 0.3) is 0 Å². The third-order valence-electron chi connectivity index (χ3n) is 5.80. The van der Waals surface area contributed by atoms with E-state index in [-0.39, 0.29) is 5.41 Å². The molecule has 4 heteroatoms. The maximum absolute atomic E-state index is 6.22. The highest BCUT2D eigenvalue weighted by atomic mass is 32.1. The number of fused-ring (bicyclic) bond motifs is 6. The first kappa shape index (κ1) is 17.7. The van der Waals surface area contributed by atoms with E-state index in [0.717, 1.165) is 49.9 Å². The van der Waals surface area contributed by atoms with Crippen LogP contribution in [0.2, 0.25) is 0 Å². The molecule has 4 heterocycles. The summed E-state index contributed by atoms with van der Waals surface area (Å²) in [5.74, 6) is 0.895. The summed E-state index contributed by atoms with van der Waals surface area (Å²) in [6, 6.07) is 14.8. The van der Waals surface area contributed by atoms with Crippen LogP contribution in [-0.4, -0.2) is 4.98 Å². The van der Waals surface area contributed by atoms with Crippen molar-refractivity contribution in [3.05, 3.63) is 65.4 Å². The molecule has 0 N–H and O–H groups in total. The maximum Gasteiger partial charge on any atom is 0.139 e. The number of hydrogen-bond acceptors (Lipinski definition) is 4. The molecule has 0 amide bonds. The average Bonchev–Trinajstić information content (AvgIpc) is 3.40. The minimum absolute atomic E-state index is 0.0421. The Kier molecular flexibility index (Phi) is 3.52. The predicted octanol–water partition coefficient (Wildman–Crippen LogP) is 8.21. The van der Waals surface area contributed by atoms with E-state index in [2.05, 4.69) is 50.4 Å². The minimum Gasteiger partial charge on any atom is -0.461 e. The Morgan fingerprint density at radius 1 is 0.867 bits per heavy atom. The second-order valence-electron chi connectivity index (χ2n) is 8.96. The fourth-order valence-electron chi connectivity index (χ4n) is 4.45. The first-order valence-corrected chi connectivity index (χ1v) is 11.0. The van der Waals surface area contributed by atoms with Crippen molar-refractivity contribution >= 4 is 54.3 Å². The summed E-state index contributed by atoms with van der Waals surface area (Å²) < 4.78 is 13.5. The van der Waals surface area contributed by atoms with Crippen LogP contribution in [-0.2, 0) is 5.41 Å². The summed E-state index contributed by atoms with van der Waals surface area (Å²) in [4.78, 5) is 4.84. The van der Waals surface area contributed by atoms with Gasteiger partial charge in [0.15, 0.2) is 0 Å². The van der Waals surface area contributed by atoms with E-state index in [1.807, 2.05) is 31.3 Å². The molecule has 3 nitrogen and oxygen atoms in total. The number of aromatic nitrogens is 1. The smallest absolute Gasteiger partial charge is 0.139 e. The quantitative estimate of drug-likeness (QED) is 0.274. The molecule has 0 saturated heterocycles. The highest BCUT2D eigenvalue weighted by Crippen LogP contribution is 2.42. The number of nitrogens with zero attached hydrogens (tertiary/aromatic N) is 1. The van der Waals surface area contributed by atoms with Gasteiger partial charge in [0, 0.05) is 27.2 Å². The standard InChI is InChI=1S/C26H21NO2S/c1-14-11-17-19(28-14)5-6-20-22(17)23-21(29-20)7-9-27-24(23)16-12-15-8-10-30-25(15)18(13-16)26(2,3)4/h5-13H,1-4H3. The van der Waals surface area contributed by atoms with Crippen molar-refractivity contribution in [2.75, 3.05) is 0 Å². The van der Waals surface area contributed by atoms with Gasteiger partial charge in [-0.1, -0.05) is 20.8 Å². The summed E-state index contributed by atoms with van der Waals surface area (Å²) in [7, 11) is 0. The highest BCUT2D eigenvalue weighted by Gasteiger charge is 2.22. The van der Waals surface area contributed by atoms with Crippen molar-refractivity contribution in [1.82, 2.24) is 4.98 Å². The van der Waals surface area contributed by atoms with Crippen LogP contribution in [0.5, 0.6) is 0 Å². The zero-order chi connectivity index (χ0) is 20.6. The van der Waals surface area contributed by atoms with Crippen LogP contribution in [0, 0.1) is 6.92 Å². The van der Waals surface area contributed by atoms with Gasteiger partial charge >= 0.3 is 0 Å². The lowest BCUT2D eigenvalue weighted by molar-refractivity contribution is 0.578. The average molecular weight is 412 g/mol. The van der Waals surface area contributed by atoms with Crippen molar-refractivity contribution in [2.45, 2.75) is 33.1 Å². The Hall–Kier alpha value is -3.11. The number of pyridine rings is 1. The van der Waals surface area contributed by atoms with Gasteiger partial charge in [-0.25, -0.2) is 0 Å². The number of rotatable bonds is 1. The Bertz CT molecular complexity index is 1590. The van der Waals surface area contributed by atoms with E-state index in [0.29, 0.717) is 0 Å². The molecule has 148 valence electrons. The summed E-state index contributed by atoms with van der Waals surface area (Å²) in [6.45, 7) is 8.78. The Morgan fingerprint density at radius 3 is 2.50 bits per heavy atom. The van der Waals surface area contributed by atoms with E-state index in [4.69, 9.17) is 13.8 Å². The second-order valence-corrected chi connectivity index (χ2v) is 9.87. The number of thiophene rings is 1. The van der Waals surface area contributed by atoms with Gasteiger partial charge < -0.3 is 8.83 Å². The molecule has 0 atom stereocenters. The fraction of sp³-hybridized carbons (Fsp3) is 0.192. The summed E-state index contributed by atoms with van der Waals surface area (Å²) in [5.41, 5.74) is 6.05. The predicted molar refractivity (Wildman–Crippen MR) is 126 cm³/mol. The molecule has 0 radical (unpaired) electrons. The van der Waals surface area contributed by atoms with E-state index >= 15 is 0 Å². The maximum atomic E-state index is 6.22. The van der Waals surface area contributed by atoms with Crippen LogP contribution in [0.4, 0.5) is 0 Å². The molecule has 2 aromatic carbocycles. The van der Waals surface area contributed by atoms with E-state index in [1.54, 1.807) is 11.3 Å². The van der Waals surface area contributed by atoms with Gasteiger partial charge in [-0.15, -0.1) is 11.3 Å². The van der Waals surface area contributed by atoms with Crippen LogP contribution in [0.15, 0.2) is 62.9 Å². The number of aryl methyl sites for hydroxylation is 1. The summed E-state index contributed by atoms with van der Waals surface area (Å²) in [5, 5.41) is 6.63. The Labute approximate surface area is 177 Å². The molecule has 0 bridgehead atoms. The molecule has 0 spiro atoms. The lowest BCUT2D eigenvalue weighted by Crippen LogP contribution is -2.11. The zero-order valence-electron chi connectivity index (χ0n) is 17.4. The van der Waals surface area contributed by atoms with Gasteiger partial charge in [-0.3, -0.25) is 4.98 Å². The van der Waals surface area contributed by atoms with Crippen molar-refractivity contribution in [3.8, 4) is 11.3 Å². The molecule has 4 aromatic heterocycles. The third-order valence-corrected chi connectivity index (χ3v) is 6.76. The first-order chi connectivity index (χ1) is 14.4. The second kappa shape index (κ2) is 5.96. The molecule has 6 aromatic rings. The van der Waals surface area contributed by atoms with Gasteiger partial charge in [-0.2, -0.15) is 0 Å². The van der Waals surface area contributed by atoms with Crippen LogP contribution in [0.3, 0.4) is 0 Å². The van der Waals surface area contributed by atoms with E-state index in [9.17, 15) is 0 Å². The molecule has 0 saturated carbocycles. The number of furan rings is 2. The Balaban J connectivity index is 1.76. The van der Waals surface area contributed by atoms with Crippen LogP contribution < -0.4 is 0 Å². The lowest BCUT2D eigenvalue weighted by atomic mass is 9.84. The summed E-state index contributed by atoms with van der Waals surface area (Å²) >= 11 is 1.81. The van der Waals surface area contributed by atoms with Crippen molar-refractivity contribution in [1.29, 1.82) is 0 Å². The molecule has 0 unspecified atom stereocenters. The van der Waals surface area contributed by atoms with Crippen LogP contribution in [0.25, 0.3) is 54.3 Å². The molecule has 0 fully saturated rings. The largest absolute Gasteiger partial charge is 0.461 e. The molecular weight excluding hydrogens is 390 g/mol. The first-order valence-electron chi connectivity index (χ1n) is 10.1. The van der Waals surface area contributed by atoms with Crippen molar-refractivity contribution in [2.24, 2.45) is 0 Å². The van der Waals surface area contributed by atoms with Crippen molar-refractivity contribution < 1.29 is 8.83 Å². The highest BCUT2D eigenvalue weighted by molar-refractivity contribution is 7.17. The zero-order valence-corrected chi connectivity index (χ0v) is 18.2. The summed E-state index contributed by atoms with van der Waals surface area (Å²) in [6.07, 6.45) is 1.84. The molecular formula is C26H21NO2S. The molecule has 0 aliphatic heterocycles. The van der Waals surface area contributed by atoms with Gasteiger partial charge in [-0.05, 0) is 71.1 Å². The molecule has 30 heavy (non-hydrogen) atoms. The topological polar surface area (TPSA) is 39.2 Å². The van der Waals surface area contributed by atoms with Gasteiger partial charge in [0.05, 0.1) is 11.1 Å². The van der Waals surface area contributed by atoms with Crippen molar-refractivity contribution in [3.63, 3.8) is 0 Å². The number of hydrogen-bond donors (Lipinski definition) is 0. The van der Waals surface area contributed by atoms with E-state index in [1.165, 1.54) is 15.6 Å². The molecule has 0 aliphatic carbocycles. The van der Waals surface area contributed by atoms with Crippen LogP contribution in [0.1, 0.15) is 32.1 Å². The third kappa shape index (κ3) is 2.47.